The van der Waals surface area contributed by atoms with Crippen LogP contribution in [0.4, 0.5) is 4.39 Å². The first-order valence-corrected chi connectivity index (χ1v) is 6.80. The second kappa shape index (κ2) is 5.75. The van der Waals surface area contributed by atoms with Gasteiger partial charge >= 0.3 is 0 Å². The number of hydrogen-bond acceptors (Lipinski definition) is 3. The van der Waals surface area contributed by atoms with Gasteiger partial charge in [0.2, 0.25) is 0 Å². The van der Waals surface area contributed by atoms with E-state index in [2.05, 4.69) is 21.0 Å². The van der Waals surface area contributed by atoms with E-state index in [-0.39, 0.29) is 18.0 Å². The zero-order valence-electron chi connectivity index (χ0n) is 11.4. The fourth-order valence-electron chi connectivity index (χ4n) is 1.86. The molecule has 2 aromatic rings. The van der Waals surface area contributed by atoms with Gasteiger partial charge in [-0.2, -0.15) is 5.10 Å². The van der Waals surface area contributed by atoms with Crippen molar-refractivity contribution >= 4 is 21.7 Å². The number of carbonyl (C=O) groups is 1. The molecule has 1 heterocycles. The first-order valence-electron chi connectivity index (χ1n) is 6.01. The zero-order valence-corrected chi connectivity index (χ0v) is 13.0. The summed E-state index contributed by atoms with van der Waals surface area (Å²) in [5, 5.41) is 4.25. The Bertz CT molecular complexity index is 667. The number of benzene rings is 1. The number of aromatic nitrogens is 2. The van der Waals surface area contributed by atoms with Crippen molar-refractivity contribution in [3.63, 3.8) is 0 Å². The molecular weight excluding hydrogens is 327 g/mol. The maximum atomic E-state index is 13.7. The molecule has 0 spiro atoms. The molecule has 2 rings (SSSR count). The fourth-order valence-corrected chi connectivity index (χ4v) is 2.31. The van der Waals surface area contributed by atoms with E-state index in [1.54, 1.807) is 10.7 Å². The van der Waals surface area contributed by atoms with Gasteiger partial charge in [0.05, 0.1) is 21.4 Å². The highest BCUT2D eigenvalue weighted by atomic mass is 79.9. The largest absolute Gasteiger partial charge is 0.487 e. The maximum Gasteiger partial charge on any atom is 0.162 e. The molecule has 0 aliphatic heterocycles. The molecule has 0 unspecified atom stereocenters. The van der Waals surface area contributed by atoms with Crippen LogP contribution in [0, 0.1) is 12.7 Å². The number of carbonyl (C=O) groups excluding carboxylic acids is 1. The number of hydrogen-bond donors (Lipinski definition) is 0. The molecule has 1 aromatic heterocycles. The monoisotopic (exact) mass is 340 g/mol. The number of halogens is 2. The minimum absolute atomic E-state index is 0.0647. The number of ketones is 1. The van der Waals surface area contributed by atoms with Gasteiger partial charge in [0.25, 0.3) is 0 Å². The van der Waals surface area contributed by atoms with E-state index in [1.807, 2.05) is 14.0 Å². The van der Waals surface area contributed by atoms with E-state index < -0.39 is 5.82 Å². The van der Waals surface area contributed by atoms with Gasteiger partial charge in [0.1, 0.15) is 18.2 Å². The molecule has 4 nitrogen and oxygen atoms in total. The molecule has 0 N–H and O–H groups in total. The van der Waals surface area contributed by atoms with Crippen LogP contribution in [0.25, 0.3) is 0 Å². The Kier molecular flexibility index (Phi) is 4.23. The topological polar surface area (TPSA) is 44.1 Å². The highest BCUT2D eigenvalue weighted by Crippen LogP contribution is 2.23. The molecule has 0 radical (unpaired) electrons. The van der Waals surface area contributed by atoms with Crippen molar-refractivity contribution in [1.82, 2.24) is 9.78 Å². The smallest absolute Gasteiger partial charge is 0.162 e. The summed E-state index contributed by atoms with van der Waals surface area (Å²) in [5.74, 6) is -0.507. The lowest BCUT2D eigenvalue weighted by Crippen LogP contribution is -2.04. The van der Waals surface area contributed by atoms with E-state index in [0.717, 1.165) is 15.9 Å². The van der Waals surface area contributed by atoms with E-state index >= 15 is 0 Å². The summed E-state index contributed by atoms with van der Waals surface area (Å²) in [6, 6.07) is 4.22. The Balaban J connectivity index is 2.15. The average molecular weight is 341 g/mol. The summed E-state index contributed by atoms with van der Waals surface area (Å²) in [5.41, 5.74) is 1.79. The Morgan fingerprint density at radius 1 is 1.50 bits per heavy atom. The van der Waals surface area contributed by atoms with Crippen LogP contribution in [-0.2, 0) is 13.7 Å². The summed E-state index contributed by atoms with van der Waals surface area (Å²) in [4.78, 5) is 11.2. The molecular formula is C14H14BrFN2O2. The predicted molar refractivity (Wildman–Crippen MR) is 76.4 cm³/mol. The minimum Gasteiger partial charge on any atom is -0.487 e. The van der Waals surface area contributed by atoms with Gasteiger partial charge in [-0.05, 0) is 41.9 Å². The second-order valence-corrected chi connectivity index (χ2v) is 5.25. The number of aryl methyl sites for hydroxylation is 2. The van der Waals surface area contributed by atoms with Crippen molar-refractivity contribution in [3.05, 3.63) is 45.4 Å². The van der Waals surface area contributed by atoms with Crippen LogP contribution >= 0.6 is 15.9 Å². The molecule has 0 atom stereocenters. The quantitative estimate of drug-likeness (QED) is 0.801. The molecule has 0 amide bonds. The molecule has 0 saturated carbocycles. The number of ether oxygens (including phenoxy) is 1. The van der Waals surface area contributed by atoms with Crippen molar-refractivity contribution < 1.29 is 13.9 Å². The predicted octanol–water partition coefficient (Wildman–Crippen LogP) is 3.41. The van der Waals surface area contributed by atoms with Crippen molar-refractivity contribution in [3.8, 4) is 5.75 Å². The number of nitrogens with zero attached hydrogens (tertiary/aromatic N) is 2. The van der Waals surface area contributed by atoms with Crippen LogP contribution in [0.1, 0.15) is 28.7 Å². The lowest BCUT2D eigenvalue weighted by Gasteiger charge is -2.08. The van der Waals surface area contributed by atoms with E-state index in [9.17, 15) is 9.18 Å². The normalized spacial score (nSPS) is 10.7. The Morgan fingerprint density at radius 3 is 2.70 bits per heavy atom. The summed E-state index contributed by atoms with van der Waals surface area (Å²) >= 11 is 3.44. The number of Topliss-reactive ketones (excluding diaryl/α,β-unsaturated/α-hetero) is 1. The zero-order chi connectivity index (χ0) is 14.9. The van der Waals surface area contributed by atoms with Crippen LogP contribution in [0.3, 0.4) is 0 Å². The van der Waals surface area contributed by atoms with E-state index in [1.165, 1.54) is 19.1 Å². The molecule has 0 saturated heterocycles. The fraction of sp³-hybridized carbons (Fsp3) is 0.286. The Labute approximate surface area is 124 Å². The number of rotatable bonds is 4. The van der Waals surface area contributed by atoms with Gasteiger partial charge in [-0.3, -0.25) is 9.48 Å². The van der Waals surface area contributed by atoms with Crippen LogP contribution in [0.5, 0.6) is 5.75 Å². The van der Waals surface area contributed by atoms with Crippen LogP contribution in [0.2, 0.25) is 0 Å². The first-order chi connectivity index (χ1) is 9.40. The Morgan fingerprint density at radius 2 is 2.20 bits per heavy atom. The van der Waals surface area contributed by atoms with Crippen molar-refractivity contribution in [2.45, 2.75) is 20.5 Å². The molecule has 0 aliphatic rings. The summed E-state index contributed by atoms with van der Waals surface area (Å²) in [6.45, 7) is 3.47. The van der Waals surface area contributed by atoms with Gasteiger partial charge in [-0.25, -0.2) is 4.39 Å². The molecule has 0 fully saturated rings. The van der Waals surface area contributed by atoms with E-state index in [4.69, 9.17) is 4.74 Å². The molecule has 1 aromatic carbocycles. The molecule has 0 aliphatic carbocycles. The third kappa shape index (κ3) is 2.90. The SMILES string of the molecule is CC(=O)c1ccc(OCc2c(Br)c(C)nn2C)cc1F. The van der Waals surface area contributed by atoms with Crippen molar-refractivity contribution in [1.29, 1.82) is 0 Å². The molecule has 106 valence electrons. The van der Waals surface area contributed by atoms with Crippen molar-refractivity contribution in [2.75, 3.05) is 0 Å². The minimum atomic E-state index is -0.574. The lowest BCUT2D eigenvalue weighted by atomic mass is 10.1. The molecule has 6 heteroatoms. The maximum absolute atomic E-state index is 13.7. The average Bonchev–Trinajstić information content (AvgIpc) is 2.61. The van der Waals surface area contributed by atoms with Crippen LogP contribution in [-0.4, -0.2) is 15.6 Å². The first kappa shape index (κ1) is 14.7. The third-order valence-electron chi connectivity index (χ3n) is 2.96. The van der Waals surface area contributed by atoms with Crippen LogP contribution < -0.4 is 4.74 Å². The van der Waals surface area contributed by atoms with Gasteiger partial charge in [0.15, 0.2) is 5.78 Å². The third-order valence-corrected chi connectivity index (χ3v) is 3.99. The second-order valence-electron chi connectivity index (χ2n) is 4.46. The highest BCUT2D eigenvalue weighted by Gasteiger charge is 2.12. The van der Waals surface area contributed by atoms with Crippen molar-refractivity contribution in [2.24, 2.45) is 7.05 Å². The van der Waals surface area contributed by atoms with Gasteiger partial charge < -0.3 is 4.74 Å². The molecule has 0 bridgehead atoms. The molecule has 20 heavy (non-hydrogen) atoms. The summed E-state index contributed by atoms with van der Waals surface area (Å²) in [6.07, 6.45) is 0. The van der Waals surface area contributed by atoms with Gasteiger partial charge in [-0.15, -0.1) is 0 Å². The lowest BCUT2D eigenvalue weighted by molar-refractivity contribution is 0.101. The van der Waals surface area contributed by atoms with Crippen LogP contribution in [0.15, 0.2) is 22.7 Å². The summed E-state index contributed by atoms with van der Waals surface area (Å²) < 4.78 is 21.8. The summed E-state index contributed by atoms with van der Waals surface area (Å²) in [7, 11) is 1.82. The van der Waals surface area contributed by atoms with E-state index in [0.29, 0.717) is 5.75 Å². The van der Waals surface area contributed by atoms with Gasteiger partial charge in [-0.1, -0.05) is 0 Å². The standard InChI is InChI=1S/C14H14BrFN2O2/c1-8-14(15)13(18(3)17-8)7-20-10-4-5-11(9(2)19)12(16)6-10/h4-6H,7H2,1-3H3. The Hall–Kier alpha value is -1.69. The highest BCUT2D eigenvalue weighted by molar-refractivity contribution is 9.10. The van der Waals surface area contributed by atoms with Gasteiger partial charge in [0, 0.05) is 13.1 Å².